The van der Waals surface area contributed by atoms with Crippen LogP contribution in [-0.4, -0.2) is 46.6 Å². The van der Waals surface area contributed by atoms with Crippen LogP contribution in [0.5, 0.6) is 0 Å². The summed E-state index contributed by atoms with van der Waals surface area (Å²) >= 11 is 0. The molecule has 2 heterocycles. The van der Waals surface area contributed by atoms with Gasteiger partial charge in [-0.15, -0.1) is 0 Å². The fourth-order valence-electron chi connectivity index (χ4n) is 2.59. The average Bonchev–Trinajstić information content (AvgIpc) is 2.77. The maximum atomic E-state index is 12.8. The molecule has 1 unspecified atom stereocenters. The van der Waals surface area contributed by atoms with Crippen molar-refractivity contribution in [1.82, 2.24) is 9.88 Å². The molecule has 0 radical (unpaired) electrons. The highest BCUT2D eigenvalue weighted by molar-refractivity contribution is 5.95. The van der Waals surface area contributed by atoms with Gasteiger partial charge in [-0.1, -0.05) is 24.7 Å². The van der Waals surface area contributed by atoms with E-state index in [1.54, 1.807) is 23.2 Å². The lowest BCUT2D eigenvalue weighted by molar-refractivity contribution is 0.0593. The van der Waals surface area contributed by atoms with Crippen LogP contribution in [-0.2, 0) is 0 Å². The molecule has 1 aliphatic rings. The van der Waals surface area contributed by atoms with Crippen molar-refractivity contribution >= 4 is 5.91 Å². The van der Waals surface area contributed by atoms with E-state index >= 15 is 0 Å². The van der Waals surface area contributed by atoms with Crippen LogP contribution in [0.25, 0.3) is 0 Å². The minimum absolute atomic E-state index is 0.0115. The van der Waals surface area contributed by atoms with Gasteiger partial charge in [0.1, 0.15) is 5.69 Å². The Morgan fingerprint density at radius 3 is 3.10 bits per heavy atom. The van der Waals surface area contributed by atoms with E-state index in [-0.39, 0.29) is 25.1 Å². The van der Waals surface area contributed by atoms with Gasteiger partial charge in [0.15, 0.2) is 0 Å². The first-order valence-electron chi connectivity index (χ1n) is 7.33. The number of pyridine rings is 1. The molecule has 1 atom stereocenters. The molecule has 5 heteroatoms. The third-order valence-electron chi connectivity index (χ3n) is 3.68. The Hall–Kier alpha value is -1.90. The van der Waals surface area contributed by atoms with Gasteiger partial charge < -0.3 is 15.7 Å². The van der Waals surface area contributed by atoms with E-state index < -0.39 is 0 Å². The van der Waals surface area contributed by atoms with Gasteiger partial charge in [-0.2, -0.15) is 0 Å². The van der Waals surface area contributed by atoms with Crippen molar-refractivity contribution in [2.24, 2.45) is 5.73 Å². The number of aliphatic hydroxyl groups excluding tert-OH is 1. The predicted octanol–water partition coefficient (Wildman–Crippen LogP) is 0.769. The van der Waals surface area contributed by atoms with Crippen LogP contribution < -0.4 is 5.73 Å². The summed E-state index contributed by atoms with van der Waals surface area (Å²) in [6.07, 6.45) is 5.50. The molecule has 5 nitrogen and oxygen atoms in total. The molecule has 21 heavy (non-hydrogen) atoms. The number of hydrogen-bond acceptors (Lipinski definition) is 4. The molecule has 0 aromatic carbocycles. The van der Waals surface area contributed by atoms with Gasteiger partial charge in [-0.05, 0) is 25.0 Å². The molecule has 0 aliphatic carbocycles. The SMILES string of the molecule is NCC#Cc1cccnc1C(=O)N1CCCCCC1CO. The van der Waals surface area contributed by atoms with Crippen molar-refractivity contribution < 1.29 is 9.90 Å². The second-order valence-electron chi connectivity index (χ2n) is 5.09. The number of carbonyl (C=O) groups excluding carboxylic acids is 1. The van der Waals surface area contributed by atoms with E-state index in [2.05, 4.69) is 16.8 Å². The average molecular weight is 287 g/mol. The van der Waals surface area contributed by atoms with Crippen molar-refractivity contribution in [1.29, 1.82) is 0 Å². The molecule has 1 aliphatic heterocycles. The van der Waals surface area contributed by atoms with Crippen LogP contribution in [0.1, 0.15) is 41.7 Å². The zero-order valence-electron chi connectivity index (χ0n) is 12.1. The number of rotatable bonds is 2. The Morgan fingerprint density at radius 2 is 2.33 bits per heavy atom. The summed E-state index contributed by atoms with van der Waals surface area (Å²) in [4.78, 5) is 18.7. The van der Waals surface area contributed by atoms with Crippen molar-refractivity contribution in [3.05, 3.63) is 29.6 Å². The number of nitrogens with two attached hydrogens (primary N) is 1. The highest BCUT2D eigenvalue weighted by atomic mass is 16.3. The Kier molecular flexibility index (Phi) is 5.73. The number of hydrogen-bond donors (Lipinski definition) is 2. The van der Waals surface area contributed by atoms with Gasteiger partial charge in [0.25, 0.3) is 5.91 Å². The quantitative estimate of drug-likeness (QED) is 0.787. The van der Waals surface area contributed by atoms with E-state index in [0.717, 1.165) is 25.7 Å². The summed E-state index contributed by atoms with van der Waals surface area (Å²) in [7, 11) is 0. The first kappa shape index (κ1) is 15.5. The molecule has 1 fully saturated rings. The lowest BCUT2D eigenvalue weighted by Gasteiger charge is -2.28. The summed E-state index contributed by atoms with van der Waals surface area (Å²) in [6, 6.07) is 3.40. The van der Waals surface area contributed by atoms with E-state index in [4.69, 9.17) is 5.73 Å². The Balaban J connectivity index is 2.29. The highest BCUT2D eigenvalue weighted by Crippen LogP contribution is 2.19. The molecule has 0 spiro atoms. The molecular weight excluding hydrogens is 266 g/mol. The summed E-state index contributed by atoms with van der Waals surface area (Å²) in [5, 5.41) is 9.53. The van der Waals surface area contributed by atoms with E-state index in [9.17, 15) is 9.90 Å². The molecule has 0 bridgehead atoms. The van der Waals surface area contributed by atoms with Crippen LogP contribution in [0.3, 0.4) is 0 Å². The van der Waals surface area contributed by atoms with Gasteiger partial charge in [-0.25, -0.2) is 4.98 Å². The van der Waals surface area contributed by atoms with Gasteiger partial charge in [-0.3, -0.25) is 4.79 Å². The Morgan fingerprint density at radius 1 is 1.48 bits per heavy atom. The van der Waals surface area contributed by atoms with E-state index in [1.807, 2.05) is 0 Å². The molecule has 0 saturated carbocycles. The zero-order valence-corrected chi connectivity index (χ0v) is 12.1. The Bertz CT molecular complexity index is 548. The molecule has 112 valence electrons. The third-order valence-corrected chi connectivity index (χ3v) is 3.68. The minimum atomic E-state index is -0.155. The summed E-state index contributed by atoms with van der Waals surface area (Å²) in [6.45, 7) is 0.887. The summed E-state index contributed by atoms with van der Waals surface area (Å²) in [5.41, 5.74) is 6.32. The number of likely N-dealkylation sites (tertiary alicyclic amines) is 1. The van der Waals surface area contributed by atoms with E-state index in [1.165, 1.54) is 0 Å². The van der Waals surface area contributed by atoms with Gasteiger partial charge in [0.05, 0.1) is 24.8 Å². The van der Waals surface area contributed by atoms with Crippen molar-refractivity contribution in [3.63, 3.8) is 0 Å². The van der Waals surface area contributed by atoms with Gasteiger partial charge in [0, 0.05) is 12.7 Å². The third kappa shape index (κ3) is 3.81. The lowest BCUT2D eigenvalue weighted by atomic mass is 10.1. The van der Waals surface area contributed by atoms with E-state index in [0.29, 0.717) is 17.8 Å². The lowest BCUT2D eigenvalue weighted by Crippen LogP contribution is -2.42. The second kappa shape index (κ2) is 7.77. The smallest absolute Gasteiger partial charge is 0.274 e. The number of aromatic nitrogens is 1. The first-order valence-corrected chi connectivity index (χ1v) is 7.33. The maximum absolute atomic E-state index is 12.8. The number of aliphatic hydroxyl groups is 1. The van der Waals surface area contributed by atoms with Crippen molar-refractivity contribution in [2.75, 3.05) is 19.7 Å². The topological polar surface area (TPSA) is 79.5 Å². The molecular formula is C16H21N3O2. The molecule has 1 aromatic rings. The maximum Gasteiger partial charge on any atom is 0.274 e. The van der Waals surface area contributed by atoms with Crippen LogP contribution in [0.15, 0.2) is 18.3 Å². The molecule has 3 N–H and O–H groups in total. The largest absolute Gasteiger partial charge is 0.394 e. The minimum Gasteiger partial charge on any atom is -0.394 e. The van der Waals surface area contributed by atoms with Crippen LogP contribution >= 0.6 is 0 Å². The number of nitrogens with zero attached hydrogens (tertiary/aromatic N) is 2. The monoisotopic (exact) mass is 287 g/mol. The first-order chi connectivity index (χ1) is 10.3. The molecule has 1 saturated heterocycles. The van der Waals surface area contributed by atoms with Gasteiger partial charge >= 0.3 is 0 Å². The summed E-state index contributed by atoms with van der Waals surface area (Å²) < 4.78 is 0. The van der Waals surface area contributed by atoms with Gasteiger partial charge in [0.2, 0.25) is 0 Å². The highest BCUT2D eigenvalue weighted by Gasteiger charge is 2.27. The number of carbonyl (C=O) groups is 1. The second-order valence-corrected chi connectivity index (χ2v) is 5.09. The van der Waals surface area contributed by atoms with Crippen LogP contribution in [0, 0.1) is 11.8 Å². The van der Waals surface area contributed by atoms with Crippen molar-refractivity contribution in [2.45, 2.75) is 31.7 Å². The predicted molar refractivity (Wildman–Crippen MR) is 80.5 cm³/mol. The normalized spacial score (nSPS) is 18.6. The van der Waals surface area contributed by atoms with Crippen LogP contribution in [0.2, 0.25) is 0 Å². The van der Waals surface area contributed by atoms with Crippen LogP contribution in [0.4, 0.5) is 0 Å². The fourth-order valence-corrected chi connectivity index (χ4v) is 2.59. The summed E-state index contributed by atoms with van der Waals surface area (Å²) in [5.74, 6) is 5.50. The Labute approximate surface area is 125 Å². The standard InChI is InChI=1S/C16H21N3O2/c17-9-4-6-13-7-5-10-18-15(13)16(21)19-11-3-1-2-8-14(19)12-20/h5,7,10,14,20H,1-3,8-9,11-12,17H2. The molecule has 1 amide bonds. The fraction of sp³-hybridized carbons (Fsp3) is 0.500. The van der Waals surface area contributed by atoms with Crippen molar-refractivity contribution in [3.8, 4) is 11.8 Å². The zero-order chi connectivity index (χ0) is 15.1. The molecule has 2 rings (SSSR count). The molecule has 1 aromatic heterocycles. The number of amides is 1.